The van der Waals surface area contributed by atoms with Gasteiger partial charge in [-0.25, -0.2) is 0 Å². The molecule has 0 fully saturated rings. The summed E-state index contributed by atoms with van der Waals surface area (Å²) in [5, 5.41) is 12.7. The van der Waals surface area contributed by atoms with E-state index in [1.807, 2.05) is 23.7 Å². The van der Waals surface area contributed by atoms with E-state index in [4.69, 9.17) is 0 Å². The summed E-state index contributed by atoms with van der Waals surface area (Å²) in [7, 11) is 0. The van der Waals surface area contributed by atoms with Crippen molar-refractivity contribution in [3.63, 3.8) is 0 Å². The highest BCUT2D eigenvalue weighted by molar-refractivity contribution is 7.25. The molecule has 0 spiro atoms. The molecule has 20 aromatic rings. The standard InChI is InChI=1S/C48H30N2S.C41H27N3/c1-2-11-31(12-3-1)32-21-25-35(26-22-32)49-41-16-7-4-13-36(41)39-29-33(23-27-43(39)49)34-24-28-44-40(30-34)37-14-5-8-17-42(37)50(44)45-18-10-20-47-48(45)38-15-6-9-19-46(38)51-47;1-2-8-28(9-3-1)29-14-18-32(19-15-29)43-38-12-6-4-10-34(38)36-26-30(16-20-40(36)43)31-17-21-41-37(27-31)35-11-5-7-13-39(35)44(41)33-22-24-42-25-23-33/h1-30H;1-27H. The van der Waals surface area contributed by atoms with Gasteiger partial charge in [0.05, 0.1) is 49.8 Å². The molecular weight excluding hydrogens is 1170 g/mol. The van der Waals surface area contributed by atoms with Gasteiger partial charge in [0.2, 0.25) is 0 Å². The third-order valence-corrected chi connectivity index (χ3v) is 20.5. The number of benzene rings is 14. The van der Waals surface area contributed by atoms with E-state index in [-0.39, 0.29) is 0 Å². The fourth-order valence-electron chi connectivity index (χ4n) is 15.0. The molecule has 0 N–H and O–H groups in total. The van der Waals surface area contributed by atoms with Crippen LogP contribution in [0.15, 0.2) is 346 Å². The van der Waals surface area contributed by atoms with Crippen molar-refractivity contribution >= 4 is 119 Å². The first kappa shape index (κ1) is 54.4. The maximum absolute atomic E-state index is 4.24. The normalized spacial score (nSPS) is 11.8. The maximum atomic E-state index is 4.24. The van der Waals surface area contributed by atoms with Gasteiger partial charge in [-0.15, -0.1) is 11.3 Å². The molecule has 6 heteroatoms. The van der Waals surface area contributed by atoms with E-state index >= 15 is 0 Å². The number of para-hydroxylation sites is 4. The van der Waals surface area contributed by atoms with Crippen LogP contribution in [0.1, 0.15) is 0 Å². The quantitative estimate of drug-likeness (QED) is 0.149. The van der Waals surface area contributed by atoms with E-state index in [9.17, 15) is 0 Å². The summed E-state index contributed by atoms with van der Waals surface area (Å²) in [6, 6.07) is 121. The van der Waals surface area contributed by atoms with Gasteiger partial charge in [0.15, 0.2) is 0 Å². The van der Waals surface area contributed by atoms with Crippen molar-refractivity contribution in [2.24, 2.45) is 0 Å². The highest BCUT2D eigenvalue weighted by Gasteiger charge is 2.21. The molecular formula is C89H57N5S. The van der Waals surface area contributed by atoms with Crippen LogP contribution in [0.5, 0.6) is 0 Å². The minimum atomic E-state index is 1.12. The first-order valence-corrected chi connectivity index (χ1v) is 33.2. The average molecular weight is 1230 g/mol. The van der Waals surface area contributed by atoms with Gasteiger partial charge < -0.3 is 18.3 Å². The molecule has 0 radical (unpaired) electrons. The van der Waals surface area contributed by atoms with Gasteiger partial charge in [0.1, 0.15) is 0 Å². The molecule has 0 amide bonds. The molecule has 0 aliphatic rings. The molecule has 5 nitrogen and oxygen atoms in total. The van der Waals surface area contributed by atoms with Crippen molar-refractivity contribution < 1.29 is 0 Å². The number of thiophene rings is 1. The second kappa shape index (κ2) is 22.2. The predicted molar refractivity (Wildman–Crippen MR) is 403 cm³/mol. The van der Waals surface area contributed by atoms with Gasteiger partial charge >= 0.3 is 0 Å². The smallest absolute Gasteiger partial charge is 0.0555 e. The second-order valence-electron chi connectivity index (χ2n) is 24.6. The molecule has 0 aliphatic heterocycles. The summed E-state index contributed by atoms with van der Waals surface area (Å²) in [5.74, 6) is 0. The van der Waals surface area contributed by atoms with Crippen LogP contribution in [0.3, 0.4) is 0 Å². The Morgan fingerprint density at radius 3 is 0.926 bits per heavy atom. The fourth-order valence-corrected chi connectivity index (χ4v) is 16.1. The summed E-state index contributed by atoms with van der Waals surface area (Å²) >= 11 is 1.87. The molecule has 0 saturated carbocycles. The van der Waals surface area contributed by atoms with Crippen molar-refractivity contribution in [3.05, 3.63) is 346 Å². The molecule has 0 unspecified atom stereocenters. The largest absolute Gasteiger partial charge is 0.309 e. The van der Waals surface area contributed by atoms with Gasteiger partial charge in [0, 0.05) is 92.7 Å². The number of hydrogen-bond acceptors (Lipinski definition) is 2. The number of rotatable bonds is 8. The molecule has 0 bridgehead atoms. The number of aromatic nitrogens is 5. The summed E-state index contributed by atoms with van der Waals surface area (Å²) in [6.45, 7) is 0. The molecule has 20 rings (SSSR count). The van der Waals surface area contributed by atoms with Crippen LogP contribution >= 0.6 is 11.3 Å². The van der Waals surface area contributed by atoms with Gasteiger partial charge in [0.25, 0.3) is 0 Å². The first-order valence-electron chi connectivity index (χ1n) is 32.4. The molecule has 0 saturated heterocycles. The molecule has 0 aliphatic carbocycles. The van der Waals surface area contributed by atoms with Gasteiger partial charge in [-0.05, 0) is 172 Å². The lowest BCUT2D eigenvalue weighted by molar-refractivity contribution is 1.16. The zero-order valence-corrected chi connectivity index (χ0v) is 52.4. The zero-order valence-electron chi connectivity index (χ0n) is 51.6. The molecule has 6 heterocycles. The first-order chi connectivity index (χ1) is 47.1. The third-order valence-electron chi connectivity index (χ3n) is 19.4. The van der Waals surface area contributed by atoms with Crippen LogP contribution in [0.25, 0.3) is 175 Å². The Morgan fingerprint density at radius 2 is 0.505 bits per heavy atom. The third kappa shape index (κ3) is 8.94. The number of nitrogens with zero attached hydrogens (tertiary/aromatic N) is 5. The van der Waals surface area contributed by atoms with Crippen LogP contribution < -0.4 is 0 Å². The Labute approximate surface area is 551 Å². The van der Waals surface area contributed by atoms with E-state index in [1.165, 1.54) is 158 Å². The monoisotopic (exact) mass is 1230 g/mol. The van der Waals surface area contributed by atoms with E-state index in [0.717, 1.165) is 17.1 Å². The summed E-state index contributed by atoms with van der Waals surface area (Å²) in [6.07, 6.45) is 3.71. The van der Waals surface area contributed by atoms with Crippen LogP contribution in [0.2, 0.25) is 0 Å². The molecule has 444 valence electrons. The predicted octanol–water partition coefficient (Wildman–Crippen LogP) is 24.2. The lowest BCUT2D eigenvalue weighted by Gasteiger charge is -2.11. The fraction of sp³-hybridized carbons (Fsp3) is 0. The van der Waals surface area contributed by atoms with Crippen LogP contribution in [-0.4, -0.2) is 23.3 Å². The lowest BCUT2D eigenvalue weighted by Crippen LogP contribution is -1.94. The highest BCUT2D eigenvalue weighted by Crippen LogP contribution is 2.44. The number of hydrogen-bond donors (Lipinski definition) is 0. The molecule has 95 heavy (non-hydrogen) atoms. The summed E-state index contributed by atoms with van der Waals surface area (Å²) in [4.78, 5) is 4.24. The van der Waals surface area contributed by atoms with E-state index < -0.39 is 0 Å². The van der Waals surface area contributed by atoms with Crippen LogP contribution in [0, 0.1) is 0 Å². The van der Waals surface area contributed by atoms with Crippen molar-refractivity contribution in [2.45, 2.75) is 0 Å². The van der Waals surface area contributed by atoms with Crippen molar-refractivity contribution in [1.82, 2.24) is 23.3 Å². The Hall–Kier alpha value is -12.4. The summed E-state index contributed by atoms with van der Waals surface area (Å²) < 4.78 is 12.2. The Morgan fingerprint density at radius 1 is 0.200 bits per heavy atom. The van der Waals surface area contributed by atoms with Crippen LogP contribution in [0.4, 0.5) is 0 Å². The van der Waals surface area contributed by atoms with Gasteiger partial charge in [-0.3, -0.25) is 4.98 Å². The lowest BCUT2D eigenvalue weighted by atomic mass is 10.0. The SMILES string of the molecule is c1ccc(-c2ccc(-n3c4ccccc4c4cc(-c5ccc6c(c5)c5ccccc5n6-c5cccc6sc7ccccc7c56)ccc43)cc2)cc1.c1ccc(-c2ccc(-n3c4ccccc4c4cc(-c5ccc6c(c5)c5ccccc5n6-c5ccncc5)ccc43)cc2)cc1. The second-order valence-corrected chi connectivity index (χ2v) is 25.7. The molecule has 6 aromatic heterocycles. The number of pyridine rings is 1. The topological polar surface area (TPSA) is 32.6 Å². The average Bonchev–Trinajstić information content (AvgIpc) is 1.60. The highest BCUT2D eigenvalue weighted by atomic mass is 32.1. The molecule has 14 aromatic carbocycles. The van der Waals surface area contributed by atoms with Crippen molar-refractivity contribution in [1.29, 1.82) is 0 Å². The van der Waals surface area contributed by atoms with E-state index in [1.54, 1.807) is 0 Å². The maximum Gasteiger partial charge on any atom is 0.0555 e. The Bertz CT molecular complexity index is 6370. The minimum Gasteiger partial charge on any atom is -0.309 e. The van der Waals surface area contributed by atoms with Crippen molar-refractivity contribution in [3.8, 4) is 67.3 Å². The number of fused-ring (bicyclic) bond motifs is 15. The minimum absolute atomic E-state index is 1.12. The Kier molecular flexibility index (Phi) is 12.7. The molecule has 0 atom stereocenters. The van der Waals surface area contributed by atoms with Crippen LogP contribution in [-0.2, 0) is 0 Å². The zero-order chi connectivity index (χ0) is 62.5. The Balaban J connectivity index is 0.000000136. The summed E-state index contributed by atoms with van der Waals surface area (Å²) in [5.41, 5.74) is 24.1. The van der Waals surface area contributed by atoms with Crippen molar-refractivity contribution in [2.75, 3.05) is 0 Å². The van der Waals surface area contributed by atoms with E-state index in [0.29, 0.717) is 0 Å². The van der Waals surface area contributed by atoms with Gasteiger partial charge in [-0.1, -0.05) is 206 Å². The van der Waals surface area contributed by atoms with Gasteiger partial charge in [-0.2, -0.15) is 0 Å². The van der Waals surface area contributed by atoms with E-state index in [2.05, 4.69) is 357 Å².